The first-order valence-electron chi connectivity index (χ1n) is 9.00. The number of hydrogen-bond donors (Lipinski definition) is 0. The van der Waals surface area contributed by atoms with E-state index in [1.807, 2.05) is 35.3 Å². The van der Waals surface area contributed by atoms with Crippen molar-refractivity contribution in [1.29, 1.82) is 0 Å². The number of benzene rings is 3. The first-order chi connectivity index (χ1) is 14.0. The van der Waals surface area contributed by atoms with Crippen molar-refractivity contribution in [2.75, 3.05) is 5.01 Å². The highest BCUT2D eigenvalue weighted by Crippen LogP contribution is 2.38. The number of rotatable bonds is 4. The van der Waals surface area contributed by atoms with Crippen LogP contribution in [-0.4, -0.2) is 5.71 Å². The first kappa shape index (κ1) is 20.7. The van der Waals surface area contributed by atoms with Crippen molar-refractivity contribution in [3.8, 4) is 0 Å². The Morgan fingerprint density at radius 3 is 2.14 bits per heavy atom. The summed E-state index contributed by atoms with van der Waals surface area (Å²) in [6, 6.07) is 22.3. The third-order valence-corrected chi connectivity index (χ3v) is 6.49. The second kappa shape index (κ2) is 9.05. The summed E-state index contributed by atoms with van der Waals surface area (Å²) in [5.41, 5.74) is 4.24. The van der Waals surface area contributed by atoms with Crippen LogP contribution in [0.5, 0.6) is 0 Å². The zero-order chi connectivity index (χ0) is 20.4. The molecule has 1 unspecified atom stereocenters. The maximum absolute atomic E-state index is 6.27. The van der Waals surface area contributed by atoms with Crippen LogP contribution in [0.1, 0.15) is 23.6 Å². The lowest BCUT2D eigenvalue weighted by molar-refractivity contribution is 0.709. The van der Waals surface area contributed by atoms with Crippen LogP contribution in [0.2, 0.25) is 10.0 Å². The van der Waals surface area contributed by atoms with Gasteiger partial charge in [-0.2, -0.15) is 5.10 Å². The Hall–Kier alpha value is -1.59. The highest BCUT2D eigenvalue weighted by Gasteiger charge is 2.28. The van der Waals surface area contributed by atoms with E-state index in [1.54, 1.807) is 0 Å². The molecule has 0 radical (unpaired) electrons. The Balaban J connectivity index is 1.66. The van der Waals surface area contributed by atoms with Gasteiger partial charge >= 0.3 is 0 Å². The van der Waals surface area contributed by atoms with Gasteiger partial charge in [0.2, 0.25) is 0 Å². The number of halogens is 4. The molecule has 0 aliphatic carbocycles. The predicted molar refractivity (Wildman–Crippen MR) is 131 cm³/mol. The standard InChI is InChI=1S/C23H16Br2Cl2N2/c24-17-6-1-15(2-7-17)3-10-19-13-23(16-4-8-18(25)9-5-16)29(28-19)20-11-12-21(26)22(27)14-20/h1-12,14,23H,13H2. The average Bonchev–Trinajstić information content (AvgIpc) is 3.14. The van der Waals surface area contributed by atoms with E-state index in [4.69, 9.17) is 28.3 Å². The van der Waals surface area contributed by atoms with E-state index in [1.165, 1.54) is 5.56 Å². The number of allylic oxidation sites excluding steroid dienone is 1. The molecule has 1 aliphatic rings. The molecule has 0 saturated carbocycles. The Labute approximate surface area is 197 Å². The van der Waals surface area contributed by atoms with E-state index < -0.39 is 0 Å². The summed E-state index contributed by atoms with van der Waals surface area (Å²) in [4.78, 5) is 0. The molecule has 1 heterocycles. The number of hydrogen-bond acceptors (Lipinski definition) is 2. The third kappa shape index (κ3) is 4.95. The van der Waals surface area contributed by atoms with Gasteiger partial charge in [-0.25, -0.2) is 0 Å². The highest BCUT2D eigenvalue weighted by atomic mass is 79.9. The van der Waals surface area contributed by atoms with E-state index in [2.05, 4.69) is 80.4 Å². The van der Waals surface area contributed by atoms with Crippen LogP contribution < -0.4 is 5.01 Å². The van der Waals surface area contributed by atoms with Crippen molar-refractivity contribution in [3.63, 3.8) is 0 Å². The maximum atomic E-state index is 6.27. The molecule has 3 aromatic carbocycles. The zero-order valence-electron chi connectivity index (χ0n) is 15.2. The van der Waals surface area contributed by atoms with Crippen molar-refractivity contribution in [3.05, 3.63) is 103 Å². The molecule has 29 heavy (non-hydrogen) atoms. The lowest BCUT2D eigenvalue weighted by Gasteiger charge is -2.24. The molecule has 0 fully saturated rings. The van der Waals surface area contributed by atoms with Crippen LogP contribution in [0.25, 0.3) is 6.08 Å². The minimum Gasteiger partial charge on any atom is -0.257 e. The fourth-order valence-electron chi connectivity index (χ4n) is 3.21. The normalized spacial score (nSPS) is 16.5. The van der Waals surface area contributed by atoms with Crippen LogP contribution in [0, 0.1) is 0 Å². The third-order valence-electron chi connectivity index (χ3n) is 4.69. The molecule has 146 valence electrons. The van der Waals surface area contributed by atoms with Gasteiger partial charge in [0, 0.05) is 15.4 Å². The van der Waals surface area contributed by atoms with Gasteiger partial charge in [-0.1, -0.05) is 85.4 Å². The minimum absolute atomic E-state index is 0.0879. The van der Waals surface area contributed by atoms with Gasteiger partial charge < -0.3 is 0 Å². The van der Waals surface area contributed by atoms with Crippen molar-refractivity contribution in [2.24, 2.45) is 5.10 Å². The largest absolute Gasteiger partial charge is 0.257 e. The van der Waals surface area contributed by atoms with Gasteiger partial charge in [-0.15, -0.1) is 0 Å². The van der Waals surface area contributed by atoms with Gasteiger partial charge in [0.25, 0.3) is 0 Å². The number of hydrazone groups is 1. The Morgan fingerprint density at radius 2 is 1.48 bits per heavy atom. The smallest absolute Gasteiger partial charge is 0.0831 e. The van der Waals surface area contributed by atoms with Crippen molar-refractivity contribution >= 4 is 72.5 Å². The molecule has 1 atom stereocenters. The van der Waals surface area contributed by atoms with E-state index in [0.717, 1.165) is 32.3 Å². The molecule has 0 aromatic heterocycles. The Kier molecular flexibility index (Phi) is 6.45. The molecule has 6 heteroatoms. The molecule has 0 N–H and O–H groups in total. The highest BCUT2D eigenvalue weighted by molar-refractivity contribution is 9.10. The summed E-state index contributed by atoms with van der Waals surface area (Å²) in [6.07, 6.45) is 4.96. The SMILES string of the molecule is Clc1ccc(N2N=C(C=Cc3ccc(Br)cc3)CC2c2ccc(Br)cc2)cc1Cl. The summed E-state index contributed by atoms with van der Waals surface area (Å²) in [7, 11) is 0. The summed E-state index contributed by atoms with van der Waals surface area (Å²) in [6.45, 7) is 0. The molecule has 0 spiro atoms. The topological polar surface area (TPSA) is 15.6 Å². The van der Waals surface area contributed by atoms with E-state index >= 15 is 0 Å². The van der Waals surface area contributed by atoms with Crippen LogP contribution in [0.4, 0.5) is 5.69 Å². The minimum atomic E-state index is 0.0879. The zero-order valence-corrected chi connectivity index (χ0v) is 19.9. The molecule has 0 amide bonds. The van der Waals surface area contributed by atoms with Crippen molar-refractivity contribution < 1.29 is 0 Å². The van der Waals surface area contributed by atoms with Crippen LogP contribution in [0.3, 0.4) is 0 Å². The number of nitrogens with zero attached hydrogens (tertiary/aromatic N) is 2. The van der Waals surface area contributed by atoms with E-state index in [-0.39, 0.29) is 6.04 Å². The fourth-order valence-corrected chi connectivity index (χ4v) is 4.03. The average molecular weight is 551 g/mol. The molecule has 3 aromatic rings. The molecular weight excluding hydrogens is 535 g/mol. The molecule has 2 nitrogen and oxygen atoms in total. The molecule has 1 aliphatic heterocycles. The summed E-state index contributed by atoms with van der Waals surface area (Å²) in [5.74, 6) is 0. The maximum Gasteiger partial charge on any atom is 0.0831 e. The van der Waals surface area contributed by atoms with Crippen LogP contribution in [-0.2, 0) is 0 Å². The van der Waals surface area contributed by atoms with Crippen LogP contribution in [0.15, 0.2) is 86.9 Å². The Morgan fingerprint density at radius 1 is 0.828 bits per heavy atom. The molecule has 0 bridgehead atoms. The Bertz CT molecular complexity index is 1080. The summed E-state index contributed by atoms with van der Waals surface area (Å²) < 4.78 is 2.12. The predicted octanol–water partition coefficient (Wildman–Crippen LogP) is 8.54. The second-order valence-corrected chi connectivity index (χ2v) is 9.34. The second-order valence-electron chi connectivity index (χ2n) is 6.69. The summed E-state index contributed by atoms with van der Waals surface area (Å²) in [5, 5.41) is 7.96. The fraction of sp³-hybridized carbons (Fsp3) is 0.0870. The molecule has 4 rings (SSSR count). The van der Waals surface area contributed by atoms with Gasteiger partial charge in [0.1, 0.15) is 0 Å². The number of anilines is 1. The van der Waals surface area contributed by atoms with E-state index in [0.29, 0.717) is 10.0 Å². The van der Waals surface area contributed by atoms with Gasteiger partial charge in [0.05, 0.1) is 27.5 Å². The van der Waals surface area contributed by atoms with Crippen molar-refractivity contribution in [2.45, 2.75) is 12.5 Å². The first-order valence-corrected chi connectivity index (χ1v) is 11.3. The lowest BCUT2D eigenvalue weighted by Crippen LogP contribution is -2.18. The molecular formula is C23H16Br2Cl2N2. The quantitative estimate of drug-likeness (QED) is 0.318. The lowest BCUT2D eigenvalue weighted by atomic mass is 10.0. The summed E-state index contributed by atoms with van der Waals surface area (Å²) >= 11 is 19.4. The van der Waals surface area contributed by atoms with E-state index in [9.17, 15) is 0 Å². The van der Waals surface area contributed by atoms with Gasteiger partial charge in [-0.05, 0) is 59.7 Å². The monoisotopic (exact) mass is 548 g/mol. The van der Waals surface area contributed by atoms with Crippen LogP contribution >= 0.6 is 55.1 Å². The van der Waals surface area contributed by atoms with Gasteiger partial charge in [-0.3, -0.25) is 5.01 Å². The molecule has 0 saturated heterocycles. The van der Waals surface area contributed by atoms with Crippen molar-refractivity contribution in [1.82, 2.24) is 0 Å². The van der Waals surface area contributed by atoms with Gasteiger partial charge in [0.15, 0.2) is 0 Å².